The maximum absolute atomic E-state index is 11.1. The Morgan fingerprint density at radius 2 is 2.18 bits per heavy atom. The van der Waals surface area contributed by atoms with Gasteiger partial charge < -0.3 is 10.2 Å². The molecule has 0 aromatic carbocycles. The van der Waals surface area contributed by atoms with Crippen molar-refractivity contribution in [3.8, 4) is 0 Å². The van der Waals surface area contributed by atoms with Gasteiger partial charge in [-0.25, -0.2) is 4.98 Å². The molecule has 0 radical (unpaired) electrons. The summed E-state index contributed by atoms with van der Waals surface area (Å²) in [4.78, 5) is 37.6. The summed E-state index contributed by atoms with van der Waals surface area (Å²) in [7, 11) is 0. The summed E-state index contributed by atoms with van der Waals surface area (Å²) in [6.07, 6.45) is 0. The van der Waals surface area contributed by atoms with Gasteiger partial charge in [0.2, 0.25) is 5.52 Å². The molecule has 2 aromatic rings. The molecule has 0 saturated heterocycles. The molecule has 0 fully saturated rings. The Hall–Kier alpha value is -2.42. The van der Waals surface area contributed by atoms with Crippen LogP contribution in [0.25, 0.3) is 11.2 Å². The van der Waals surface area contributed by atoms with Crippen LogP contribution in [0.1, 0.15) is 0 Å². The maximum Gasteiger partial charge on any atom is 0.349 e. The van der Waals surface area contributed by atoms with Crippen molar-refractivity contribution < 1.29 is 10.1 Å². The molecule has 2 rings (SSSR count). The number of aromatic amines is 1. The number of aromatic nitrogens is 3. The summed E-state index contributed by atoms with van der Waals surface area (Å²) in [5.74, 6) is 0. The van der Waals surface area contributed by atoms with E-state index in [-0.39, 0.29) is 15.5 Å². The summed E-state index contributed by atoms with van der Waals surface area (Å²) < 4.78 is -0.129. The molecule has 88 valence electrons. The molecule has 0 aliphatic rings. The van der Waals surface area contributed by atoms with Gasteiger partial charge in [0.25, 0.3) is 0 Å². The highest BCUT2D eigenvalue weighted by atomic mass is 35.5. The van der Waals surface area contributed by atoms with Gasteiger partial charge in [-0.1, -0.05) is 11.6 Å². The van der Waals surface area contributed by atoms with Crippen LogP contribution in [0, 0.1) is 10.1 Å². The van der Waals surface area contributed by atoms with Gasteiger partial charge in [0, 0.05) is 0 Å². The number of H-pyrrole nitrogens is 1. The van der Waals surface area contributed by atoms with Crippen molar-refractivity contribution in [3.05, 3.63) is 42.0 Å². The third-order valence-electron chi connectivity index (χ3n) is 1.97. The Balaban J connectivity index is 3.12. The lowest BCUT2D eigenvalue weighted by Crippen LogP contribution is -2.35. The zero-order valence-electron chi connectivity index (χ0n) is 7.88. The van der Waals surface area contributed by atoms with Crippen LogP contribution >= 0.6 is 11.6 Å². The number of fused-ring (bicyclic) bond motifs is 1. The smallest absolute Gasteiger partial charge is 0.349 e. The first-order valence-electron chi connectivity index (χ1n) is 4.11. The molecule has 0 spiro atoms. The average Bonchev–Trinajstić information content (AvgIpc) is 2.24. The van der Waals surface area contributed by atoms with E-state index in [1.54, 1.807) is 0 Å². The Kier molecular flexibility index (Phi) is 2.32. The second-order valence-electron chi connectivity index (χ2n) is 2.99. The first-order chi connectivity index (χ1) is 7.91. The molecule has 9 nitrogen and oxygen atoms in total. The Bertz CT molecular complexity index is 748. The third kappa shape index (κ3) is 1.61. The highest BCUT2D eigenvalue weighted by molar-refractivity contribution is 6.30. The van der Waals surface area contributed by atoms with E-state index in [0.29, 0.717) is 0 Å². The zero-order valence-corrected chi connectivity index (χ0v) is 8.63. The molecule has 0 bridgehead atoms. The van der Waals surface area contributed by atoms with Gasteiger partial charge >= 0.3 is 16.8 Å². The summed E-state index contributed by atoms with van der Waals surface area (Å²) in [6, 6.07) is 0.856. The van der Waals surface area contributed by atoms with Gasteiger partial charge in [0.1, 0.15) is 5.15 Å². The normalized spacial score (nSPS) is 10.6. The number of hydrogen-bond acceptors (Lipinski definition) is 6. The molecule has 2 aromatic heterocycles. The first kappa shape index (κ1) is 11.1. The summed E-state index contributed by atoms with van der Waals surface area (Å²) in [5, 5.41) is 19.8. The van der Waals surface area contributed by atoms with Crippen molar-refractivity contribution in [2.75, 3.05) is 0 Å². The molecule has 0 unspecified atom stereocenters. The van der Waals surface area contributed by atoms with Crippen LogP contribution in [0.3, 0.4) is 0 Å². The van der Waals surface area contributed by atoms with Gasteiger partial charge in [-0.05, 0) is 0 Å². The van der Waals surface area contributed by atoms with E-state index in [2.05, 4.69) is 4.98 Å². The van der Waals surface area contributed by atoms with Crippen LogP contribution in [0.2, 0.25) is 5.15 Å². The highest BCUT2D eigenvalue weighted by Gasteiger charge is 2.21. The van der Waals surface area contributed by atoms with E-state index in [9.17, 15) is 24.9 Å². The van der Waals surface area contributed by atoms with Gasteiger partial charge in [-0.2, -0.15) is 0 Å². The third-order valence-corrected chi connectivity index (χ3v) is 2.16. The molecule has 0 aliphatic carbocycles. The molecule has 0 saturated carbocycles. The molecular formula is C7H3ClN4O5. The molecule has 0 aliphatic heterocycles. The molecule has 0 amide bonds. The number of hydrogen-bond donors (Lipinski definition) is 2. The van der Waals surface area contributed by atoms with Gasteiger partial charge in [-0.15, -0.1) is 4.73 Å². The molecular weight excluding hydrogens is 256 g/mol. The molecule has 2 N–H and O–H groups in total. The van der Waals surface area contributed by atoms with Gasteiger partial charge in [0.05, 0.1) is 11.0 Å². The summed E-state index contributed by atoms with van der Waals surface area (Å²) >= 11 is 5.51. The van der Waals surface area contributed by atoms with Crippen molar-refractivity contribution in [1.29, 1.82) is 0 Å². The second kappa shape index (κ2) is 3.56. The van der Waals surface area contributed by atoms with Gasteiger partial charge in [0.15, 0.2) is 5.65 Å². The predicted molar refractivity (Wildman–Crippen MR) is 55.5 cm³/mol. The van der Waals surface area contributed by atoms with E-state index in [4.69, 9.17) is 11.6 Å². The molecule has 0 atom stereocenters. The largest absolute Gasteiger partial charge is 0.424 e. The quantitative estimate of drug-likeness (QED) is 0.241. The monoisotopic (exact) mass is 258 g/mol. The van der Waals surface area contributed by atoms with Crippen molar-refractivity contribution in [2.24, 2.45) is 0 Å². The Labute approximate surface area is 96.0 Å². The molecule has 17 heavy (non-hydrogen) atoms. The van der Waals surface area contributed by atoms with E-state index in [1.807, 2.05) is 4.98 Å². The summed E-state index contributed by atoms with van der Waals surface area (Å²) in [6.45, 7) is 0. The fraction of sp³-hybridized carbons (Fsp3) is 0. The van der Waals surface area contributed by atoms with Gasteiger partial charge in [-0.3, -0.25) is 19.7 Å². The van der Waals surface area contributed by atoms with E-state index in [1.165, 1.54) is 0 Å². The van der Waals surface area contributed by atoms with Crippen LogP contribution in [-0.2, 0) is 0 Å². The van der Waals surface area contributed by atoms with Crippen molar-refractivity contribution in [1.82, 2.24) is 14.7 Å². The van der Waals surface area contributed by atoms with E-state index in [0.717, 1.165) is 6.07 Å². The number of nitrogens with zero attached hydrogens (tertiary/aromatic N) is 3. The fourth-order valence-corrected chi connectivity index (χ4v) is 1.48. The van der Waals surface area contributed by atoms with Crippen molar-refractivity contribution in [3.63, 3.8) is 0 Å². The number of nitro groups is 1. The topological polar surface area (TPSA) is 131 Å². The Morgan fingerprint density at radius 3 is 2.76 bits per heavy atom. The minimum atomic E-state index is -1.34. The van der Waals surface area contributed by atoms with Crippen molar-refractivity contribution >= 4 is 28.5 Å². The fourth-order valence-electron chi connectivity index (χ4n) is 1.29. The number of pyridine rings is 1. The van der Waals surface area contributed by atoms with Crippen LogP contribution in [0.5, 0.6) is 0 Å². The number of rotatable bonds is 1. The lowest BCUT2D eigenvalue weighted by atomic mass is 10.3. The molecule has 10 heteroatoms. The Morgan fingerprint density at radius 1 is 1.53 bits per heavy atom. The predicted octanol–water partition coefficient (Wildman–Crippen LogP) is -0.116. The number of nitrogens with one attached hydrogen (secondary N) is 1. The summed E-state index contributed by atoms with van der Waals surface area (Å²) in [5.41, 5.74) is -4.02. The van der Waals surface area contributed by atoms with Crippen LogP contribution < -0.4 is 11.1 Å². The van der Waals surface area contributed by atoms with E-state index >= 15 is 0 Å². The van der Waals surface area contributed by atoms with Crippen LogP contribution in [0.4, 0.5) is 5.69 Å². The number of halogens is 1. The van der Waals surface area contributed by atoms with E-state index < -0.39 is 27.2 Å². The lowest BCUT2D eigenvalue weighted by Gasteiger charge is -2.02. The van der Waals surface area contributed by atoms with Crippen LogP contribution in [-0.4, -0.2) is 24.8 Å². The lowest BCUT2D eigenvalue weighted by molar-refractivity contribution is -0.383. The zero-order chi connectivity index (χ0) is 12.7. The SMILES string of the molecule is O=c1[nH]c2nc(Cl)cc([N+](=O)[O-])c2n(O)c1=O. The van der Waals surface area contributed by atoms with Crippen LogP contribution in [0.15, 0.2) is 15.7 Å². The minimum absolute atomic E-state index is 0.129. The molecule has 2 heterocycles. The maximum atomic E-state index is 11.1. The van der Waals surface area contributed by atoms with Crippen molar-refractivity contribution in [2.45, 2.75) is 0 Å². The highest BCUT2D eigenvalue weighted by Crippen LogP contribution is 2.23. The second-order valence-corrected chi connectivity index (χ2v) is 3.38. The standard InChI is InChI=1S/C7H3ClN4O5/c8-3-1-2(12(16)17)4-5(9-3)10-6(13)7(14)11(4)15/h1,15H,(H,9,10,13). The minimum Gasteiger partial charge on any atom is -0.424 e. The average molecular weight is 259 g/mol. The first-order valence-corrected chi connectivity index (χ1v) is 4.49.